The fourth-order valence-electron chi connectivity index (χ4n) is 2.47. The van der Waals surface area contributed by atoms with Crippen molar-refractivity contribution < 1.29 is 4.79 Å². The van der Waals surface area contributed by atoms with Crippen LogP contribution in [-0.2, 0) is 24.3 Å². The quantitative estimate of drug-likeness (QED) is 0.908. The summed E-state index contributed by atoms with van der Waals surface area (Å²) in [4.78, 5) is 14.1. The number of hydrogen-bond acceptors (Lipinski definition) is 3. The Bertz CT molecular complexity index is 665. The van der Waals surface area contributed by atoms with Crippen molar-refractivity contribution in [1.29, 1.82) is 0 Å². The Kier molecular flexibility index (Phi) is 3.89. The molecular weight excluding hydrogens is 311 g/mol. The lowest BCUT2D eigenvalue weighted by molar-refractivity contribution is -0.133. The topological polar surface area (TPSA) is 75.0 Å². The number of amides is 1. The average Bonchev–Trinajstić information content (AvgIpc) is 3.01. The molecule has 1 aromatic heterocycles. The van der Waals surface area contributed by atoms with Crippen molar-refractivity contribution >= 4 is 29.1 Å². The third-order valence-corrected chi connectivity index (χ3v) is 4.19. The van der Waals surface area contributed by atoms with E-state index in [4.69, 9.17) is 28.9 Å². The van der Waals surface area contributed by atoms with Gasteiger partial charge in [0.05, 0.1) is 24.5 Å². The number of carbonyl (C=O) groups excluding carboxylic acids is 1. The predicted octanol–water partition coefficient (Wildman–Crippen LogP) is 2.13. The van der Waals surface area contributed by atoms with Crippen molar-refractivity contribution in [2.45, 2.75) is 25.6 Å². The van der Waals surface area contributed by atoms with Gasteiger partial charge >= 0.3 is 0 Å². The largest absolute Gasteiger partial charge is 0.331 e. The third kappa shape index (κ3) is 2.90. The van der Waals surface area contributed by atoms with E-state index in [1.54, 1.807) is 29.3 Å². The van der Waals surface area contributed by atoms with Crippen LogP contribution in [0, 0.1) is 0 Å². The van der Waals surface area contributed by atoms with Gasteiger partial charge < -0.3 is 10.6 Å². The molecule has 0 spiro atoms. The van der Waals surface area contributed by atoms with Crippen LogP contribution in [0.4, 0.5) is 0 Å². The maximum Gasteiger partial charge on any atom is 0.240 e. The molecule has 110 valence electrons. The van der Waals surface area contributed by atoms with Crippen molar-refractivity contribution in [3.05, 3.63) is 51.3 Å². The summed E-state index contributed by atoms with van der Waals surface area (Å²) in [6, 6.07) is 4.57. The lowest BCUT2D eigenvalue weighted by Crippen LogP contribution is -2.42. The molecule has 1 aromatic carbocycles. The Hall–Kier alpha value is -1.56. The molecule has 1 unspecified atom stereocenters. The van der Waals surface area contributed by atoms with Crippen molar-refractivity contribution in [3.63, 3.8) is 0 Å². The molecule has 3 rings (SSSR count). The van der Waals surface area contributed by atoms with Crippen LogP contribution in [0.2, 0.25) is 10.0 Å². The summed E-state index contributed by atoms with van der Waals surface area (Å²) in [7, 11) is 0. The number of carbonyl (C=O) groups is 1. The first-order chi connectivity index (χ1) is 10.0. The number of fused-ring (bicyclic) bond motifs is 1. The summed E-state index contributed by atoms with van der Waals surface area (Å²) >= 11 is 12.0. The Balaban J connectivity index is 1.67. The van der Waals surface area contributed by atoms with Crippen LogP contribution in [0.1, 0.15) is 16.8 Å². The highest BCUT2D eigenvalue weighted by Crippen LogP contribution is 2.24. The van der Waals surface area contributed by atoms with E-state index in [1.807, 2.05) is 0 Å². The van der Waals surface area contributed by atoms with Crippen LogP contribution < -0.4 is 5.73 Å². The maximum atomic E-state index is 12.4. The van der Waals surface area contributed by atoms with Crippen LogP contribution in [0.15, 0.2) is 24.4 Å². The highest BCUT2D eigenvalue weighted by molar-refractivity contribution is 6.35. The SMILES string of the molecule is NC(Cc1ccc(Cl)cc1Cl)C(=O)N1Cc2cn[nH]c2C1. The summed E-state index contributed by atoms with van der Waals surface area (Å²) in [6.45, 7) is 1.07. The number of aromatic nitrogens is 2. The molecule has 0 radical (unpaired) electrons. The first kappa shape index (κ1) is 14.4. The van der Waals surface area contributed by atoms with E-state index >= 15 is 0 Å². The molecule has 0 aliphatic carbocycles. The summed E-state index contributed by atoms with van der Waals surface area (Å²) < 4.78 is 0. The molecule has 7 heteroatoms. The zero-order chi connectivity index (χ0) is 15.0. The zero-order valence-electron chi connectivity index (χ0n) is 11.1. The molecule has 1 aliphatic rings. The van der Waals surface area contributed by atoms with Gasteiger partial charge in [0.25, 0.3) is 0 Å². The predicted molar refractivity (Wildman–Crippen MR) is 81.0 cm³/mol. The Morgan fingerprint density at radius 2 is 2.24 bits per heavy atom. The molecule has 5 nitrogen and oxygen atoms in total. The number of H-pyrrole nitrogens is 1. The monoisotopic (exact) mass is 324 g/mol. The molecule has 1 aliphatic heterocycles. The summed E-state index contributed by atoms with van der Waals surface area (Å²) in [5, 5.41) is 7.93. The minimum Gasteiger partial charge on any atom is -0.331 e. The Morgan fingerprint density at radius 1 is 1.43 bits per heavy atom. The van der Waals surface area contributed by atoms with E-state index in [2.05, 4.69) is 10.2 Å². The summed E-state index contributed by atoms with van der Waals surface area (Å²) in [5.41, 5.74) is 8.87. The lowest BCUT2D eigenvalue weighted by Gasteiger charge is -2.20. The highest BCUT2D eigenvalue weighted by Gasteiger charge is 2.28. The second-order valence-electron chi connectivity index (χ2n) is 5.11. The van der Waals surface area contributed by atoms with Gasteiger partial charge in [0, 0.05) is 22.2 Å². The van der Waals surface area contributed by atoms with Crippen LogP contribution in [-0.4, -0.2) is 27.0 Å². The first-order valence-corrected chi connectivity index (χ1v) is 7.29. The molecule has 0 fully saturated rings. The molecule has 1 atom stereocenters. The number of nitrogens with one attached hydrogen (secondary N) is 1. The van der Waals surface area contributed by atoms with E-state index in [0.29, 0.717) is 29.6 Å². The van der Waals surface area contributed by atoms with Crippen LogP contribution in [0.3, 0.4) is 0 Å². The van der Waals surface area contributed by atoms with Crippen LogP contribution in [0.25, 0.3) is 0 Å². The van der Waals surface area contributed by atoms with Crippen molar-refractivity contribution in [3.8, 4) is 0 Å². The van der Waals surface area contributed by atoms with Gasteiger partial charge in [-0.2, -0.15) is 5.10 Å². The van der Waals surface area contributed by atoms with Crippen molar-refractivity contribution in [2.75, 3.05) is 0 Å². The van der Waals surface area contributed by atoms with E-state index < -0.39 is 6.04 Å². The van der Waals surface area contributed by atoms with Crippen molar-refractivity contribution in [1.82, 2.24) is 15.1 Å². The first-order valence-electron chi connectivity index (χ1n) is 6.54. The zero-order valence-corrected chi connectivity index (χ0v) is 12.7. The molecule has 2 heterocycles. The molecule has 0 saturated carbocycles. The molecule has 21 heavy (non-hydrogen) atoms. The third-order valence-electron chi connectivity index (χ3n) is 3.60. The number of nitrogens with zero attached hydrogens (tertiary/aromatic N) is 2. The van der Waals surface area contributed by atoms with Gasteiger partial charge in [-0.05, 0) is 24.1 Å². The number of benzene rings is 1. The minimum absolute atomic E-state index is 0.0920. The number of halogens is 2. The minimum atomic E-state index is -0.624. The highest BCUT2D eigenvalue weighted by atomic mass is 35.5. The van der Waals surface area contributed by atoms with Crippen molar-refractivity contribution in [2.24, 2.45) is 5.73 Å². The Morgan fingerprint density at radius 3 is 2.95 bits per heavy atom. The van der Waals surface area contributed by atoms with Gasteiger partial charge in [0.15, 0.2) is 0 Å². The molecular formula is C14H14Cl2N4O. The number of rotatable bonds is 3. The second-order valence-corrected chi connectivity index (χ2v) is 5.96. The van der Waals surface area contributed by atoms with Crippen LogP contribution >= 0.6 is 23.2 Å². The van der Waals surface area contributed by atoms with Gasteiger partial charge in [-0.3, -0.25) is 9.89 Å². The average molecular weight is 325 g/mol. The van der Waals surface area contributed by atoms with E-state index in [0.717, 1.165) is 16.8 Å². The molecule has 0 saturated heterocycles. The number of aromatic amines is 1. The van der Waals surface area contributed by atoms with Gasteiger partial charge in [0.2, 0.25) is 5.91 Å². The normalized spacial score (nSPS) is 15.1. The lowest BCUT2D eigenvalue weighted by atomic mass is 10.1. The molecule has 0 bridgehead atoms. The number of hydrogen-bond donors (Lipinski definition) is 2. The molecule has 1 amide bonds. The fraction of sp³-hybridized carbons (Fsp3) is 0.286. The standard InChI is InChI=1S/C14H14Cl2N4O/c15-10-2-1-8(11(16)4-10)3-12(17)14(21)20-6-9-5-18-19-13(9)7-20/h1-2,4-5,12H,3,6-7,17H2,(H,18,19). The number of nitrogens with two attached hydrogens (primary N) is 1. The van der Waals surface area contributed by atoms with Crippen LogP contribution in [0.5, 0.6) is 0 Å². The summed E-state index contributed by atoms with van der Waals surface area (Å²) in [5.74, 6) is -0.0920. The van der Waals surface area contributed by atoms with Gasteiger partial charge in [-0.25, -0.2) is 0 Å². The van der Waals surface area contributed by atoms with E-state index in [9.17, 15) is 4.79 Å². The van der Waals surface area contributed by atoms with Gasteiger partial charge in [-0.15, -0.1) is 0 Å². The van der Waals surface area contributed by atoms with Gasteiger partial charge in [-0.1, -0.05) is 29.3 Å². The molecule has 2 aromatic rings. The molecule has 3 N–H and O–H groups in total. The van der Waals surface area contributed by atoms with E-state index in [-0.39, 0.29) is 5.91 Å². The maximum absolute atomic E-state index is 12.4. The van der Waals surface area contributed by atoms with E-state index in [1.165, 1.54) is 0 Å². The fourth-order valence-corrected chi connectivity index (χ4v) is 2.95. The summed E-state index contributed by atoms with van der Waals surface area (Å²) in [6.07, 6.45) is 2.13. The second kappa shape index (κ2) is 5.67. The Labute approximate surface area is 132 Å². The smallest absolute Gasteiger partial charge is 0.240 e. The van der Waals surface area contributed by atoms with Gasteiger partial charge in [0.1, 0.15) is 0 Å².